The monoisotopic (exact) mass is 480 g/mol. The van der Waals surface area contributed by atoms with Gasteiger partial charge in [0.05, 0.1) is 17.6 Å². The SMILES string of the molecule is C=C(Cc1ccc(C(F)(F)F)cc1)NCC1=CC=CC2N=C(C)N(C3CCC(=C)NC3=C)C(=C)C12. The number of alkyl halides is 3. The van der Waals surface area contributed by atoms with Gasteiger partial charge in [0, 0.05) is 41.7 Å². The third-order valence-electron chi connectivity index (χ3n) is 6.72. The van der Waals surface area contributed by atoms with Crippen LogP contribution in [-0.2, 0) is 12.6 Å². The second-order valence-electron chi connectivity index (χ2n) is 9.27. The molecule has 0 spiro atoms. The first-order chi connectivity index (χ1) is 16.5. The minimum atomic E-state index is -4.34. The van der Waals surface area contributed by atoms with Crippen molar-refractivity contribution >= 4 is 5.84 Å². The number of amidine groups is 1. The van der Waals surface area contributed by atoms with Crippen LogP contribution in [0.2, 0.25) is 0 Å². The fourth-order valence-corrected chi connectivity index (χ4v) is 4.98. The number of allylic oxidation sites excluding steroid dienone is 4. The number of aliphatic imine (C=N–C) groups is 1. The Bertz CT molecular complexity index is 1140. The number of nitrogens with one attached hydrogen (secondary N) is 2. The number of hydrogen-bond acceptors (Lipinski definition) is 4. The molecule has 0 bridgehead atoms. The third-order valence-corrected chi connectivity index (χ3v) is 6.72. The Kier molecular flexibility index (Phi) is 6.79. The number of rotatable bonds is 6. The molecule has 7 heteroatoms. The summed E-state index contributed by atoms with van der Waals surface area (Å²) in [5.74, 6) is 0.926. The van der Waals surface area contributed by atoms with E-state index in [1.54, 1.807) is 0 Å². The Morgan fingerprint density at radius 2 is 1.91 bits per heavy atom. The van der Waals surface area contributed by atoms with Crippen LogP contribution in [0.15, 0.2) is 102 Å². The molecule has 3 aliphatic rings. The van der Waals surface area contributed by atoms with E-state index in [4.69, 9.17) is 4.99 Å². The maximum atomic E-state index is 12.8. The molecule has 0 amide bonds. The van der Waals surface area contributed by atoms with Crippen molar-refractivity contribution in [3.63, 3.8) is 0 Å². The molecular formula is C28H31F3N4. The first-order valence-electron chi connectivity index (χ1n) is 11.7. The van der Waals surface area contributed by atoms with Crippen molar-refractivity contribution in [3.05, 3.63) is 108 Å². The van der Waals surface area contributed by atoms with Gasteiger partial charge in [0.1, 0.15) is 5.84 Å². The van der Waals surface area contributed by atoms with Crippen LogP contribution in [0.3, 0.4) is 0 Å². The van der Waals surface area contributed by atoms with Gasteiger partial charge in [0.15, 0.2) is 0 Å². The minimum absolute atomic E-state index is 0.00740. The summed E-state index contributed by atoms with van der Waals surface area (Å²) < 4.78 is 38.4. The Balaban J connectivity index is 1.42. The van der Waals surface area contributed by atoms with Gasteiger partial charge in [-0.2, -0.15) is 13.2 Å². The Morgan fingerprint density at radius 1 is 1.20 bits per heavy atom. The van der Waals surface area contributed by atoms with Crippen LogP contribution in [-0.4, -0.2) is 29.4 Å². The van der Waals surface area contributed by atoms with Gasteiger partial charge < -0.3 is 15.5 Å². The van der Waals surface area contributed by atoms with Crippen LogP contribution < -0.4 is 10.6 Å². The van der Waals surface area contributed by atoms with E-state index in [0.29, 0.717) is 13.0 Å². The second kappa shape index (κ2) is 9.64. The molecule has 35 heavy (non-hydrogen) atoms. The van der Waals surface area contributed by atoms with E-state index in [-0.39, 0.29) is 18.0 Å². The van der Waals surface area contributed by atoms with Gasteiger partial charge >= 0.3 is 6.18 Å². The zero-order valence-corrected chi connectivity index (χ0v) is 20.0. The van der Waals surface area contributed by atoms with Crippen LogP contribution in [0, 0.1) is 5.92 Å². The average molecular weight is 481 g/mol. The topological polar surface area (TPSA) is 39.7 Å². The zero-order valence-electron chi connectivity index (χ0n) is 20.0. The number of benzene rings is 1. The maximum absolute atomic E-state index is 12.8. The Morgan fingerprint density at radius 3 is 2.57 bits per heavy atom. The van der Waals surface area contributed by atoms with Crippen LogP contribution in [0.4, 0.5) is 13.2 Å². The van der Waals surface area contributed by atoms with E-state index in [9.17, 15) is 13.2 Å². The third kappa shape index (κ3) is 5.29. The van der Waals surface area contributed by atoms with Crippen LogP contribution in [0.5, 0.6) is 0 Å². The molecule has 1 aliphatic carbocycles. The van der Waals surface area contributed by atoms with Crippen molar-refractivity contribution in [1.82, 2.24) is 15.5 Å². The quantitative estimate of drug-likeness (QED) is 0.536. The maximum Gasteiger partial charge on any atom is 0.416 e. The van der Waals surface area contributed by atoms with E-state index in [1.807, 2.05) is 13.0 Å². The number of halogens is 3. The molecule has 0 saturated carbocycles. The number of hydrogen-bond donors (Lipinski definition) is 2. The second-order valence-corrected chi connectivity index (χ2v) is 9.27. The summed E-state index contributed by atoms with van der Waals surface area (Å²) >= 11 is 0. The lowest BCUT2D eigenvalue weighted by Crippen LogP contribution is -2.50. The molecule has 1 fully saturated rings. The van der Waals surface area contributed by atoms with Gasteiger partial charge in [-0.25, -0.2) is 0 Å². The summed E-state index contributed by atoms with van der Waals surface area (Å²) in [6, 6.07) is 5.23. The normalized spacial score (nSPS) is 24.4. The fourth-order valence-electron chi connectivity index (χ4n) is 4.98. The number of piperidine rings is 1. The number of fused-ring (bicyclic) bond motifs is 1. The summed E-state index contributed by atoms with van der Waals surface area (Å²) in [6.45, 7) is 19.3. The predicted molar refractivity (Wildman–Crippen MR) is 135 cm³/mol. The molecule has 1 aromatic carbocycles. The molecular weight excluding hydrogens is 449 g/mol. The molecule has 4 nitrogen and oxygen atoms in total. The van der Waals surface area contributed by atoms with E-state index in [2.05, 4.69) is 54.0 Å². The molecule has 3 atom stereocenters. The fraction of sp³-hybridized carbons (Fsp3) is 0.321. The Hall–Kier alpha value is -3.48. The van der Waals surface area contributed by atoms with Gasteiger partial charge in [-0.1, -0.05) is 56.7 Å². The zero-order chi connectivity index (χ0) is 25.3. The lowest BCUT2D eigenvalue weighted by Gasteiger charge is -2.46. The standard InChI is InChI=1S/C28H31F3N4/c1-17-9-14-26(19(3)33-17)35-20(4)27-23(7-6-8-25(27)34-21(35)5)16-32-18(2)15-22-10-12-24(13-11-22)28(29,30)31/h6-8,10-13,25-27,32-33H,1-4,9,14-16H2,5H3. The Labute approximate surface area is 205 Å². The van der Waals surface area contributed by atoms with Gasteiger partial charge in [-0.15, -0.1) is 0 Å². The molecule has 184 valence electrons. The summed E-state index contributed by atoms with van der Waals surface area (Å²) in [5, 5.41) is 6.64. The highest BCUT2D eigenvalue weighted by Gasteiger charge is 2.39. The highest BCUT2D eigenvalue weighted by Crippen LogP contribution is 2.38. The molecule has 4 rings (SSSR count). The van der Waals surface area contributed by atoms with Crippen molar-refractivity contribution < 1.29 is 13.2 Å². The van der Waals surface area contributed by atoms with Gasteiger partial charge in [0.25, 0.3) is 0 Å². The molecule has 0 aromatic heterocycles. The first-order valence-corrected chi connectivity index (χ1v) is 11.7. The predicted octanol–water partition coefficient (Wildman–Crippen LogP) is 5.86. The van der Waals surface area contributed by atoms with Gasteiger partial charge in [-0.05, 0) is 43.0 Å². The van der Waals surface area contributed by atoms with Crippen molar-refractivity contribution in [2.24, 2.45) is 10.9 Å². The summed E-state index contributed by atoms with van der Waals surface area (Å²) in [7, 11) is 0. The lowest BCUT2D eigenvalue weighted by atomic mass is 9.82. The van der Waals surface area contributed by atoms with Crippen LogP contribution in [0.1, 0.15) is 30.9 Å². The lowest BCUT2D eigenvalue weighted by molar-refractivity contribution is -0.137. The van der Waals surface area contributed by atoms with Gasteiger partial charge in [-0.3, -0.25) is 4.99 Å². The summed E-state index contributed by atoms with van der Waals surface area (Å²) in [6.07, 6.45) is 4.05. The molecule has 1 saturated heterocycles. The highest BCUT2D eigenvalue weighted by molar-refractivity contribution is 5.84. The van der Waals surface area contributed by atoms with Crippen molar-refractivity contribution in [2.45, 2.75) is 44.4 Å². The van der Waals surface area contributed by atoms with E-state index < -0.39 is 11.7 Å². The molecule has 2 N–H and O–H groups in total. The first kappa shape index (κ1) is 24.6. The molecule has 2 aliphatic heterocycles. The minimum Gasteiger partial charge on any atom is -0.385 e. The summed E-state index contributed by atoms with van der Waals surface area (Å²) in [4.78, 5) is 7.15. The van der Waals surface area contributed by atoms with E-state index >= 15 is 0 Å². The molecule has 2 heterocycles. The van der Waals surface area contributed by atoms with Crippen molar-refractivity contribution in [2.75, 3.05) is 6.54 Å². The van der Waals surface area contributed by atoms with Gasteiger partial charge in [0.2, 0.25) is 0 Å². The van der Waals surface area contributed by atoms with Crippen molar-refractivity contribution in [3.8, 4) is 0 Å². The highest BCUT2D eigenvalue weighted by atomic mass is 19.4. The largest absolute Gasteiger partial charge is 0.416 e. The average Bonchev–Trinajstić information content (AvgIpc) is 2.78. The van der Waals surface area contributed by atoms with Crippen LogP contribution >= 0.6 is 0 Å². The molecule has 0 radical (unpaired) electrons. The van der Waals surface area contributed by atoms with E-state index in [0.717, 1.165) is 64.7 Å². The smallest absolute Gasteiger partial charge is 0.385 e. The van der Waals surface area contributed by atoms with Crippen LogP contribution in [0.25, 0.3) is 0 Å². The molecule has 1 aromatic rings. The van der Waals surface area contributed by atoms with E-state index in [1.165, 1.54) is 12.1 Å². The summed E-state index contributed by atoms with van der Waals surface area (Å²) in [5.41, 5.74) is 4.84. The van der Waals surface area contributed by atoms with Crippen molar-refractivity contribution in [1.29, 1.82) is 0 Å². The molecule has 3 unspecified atom stereocenters. The number of nitrogens with zero attached hydrogens (tertiary/aromatic N) is 2.